The normalized spacial score (nSPS) is 11.8. The van der Waals surface area contributed by atoms with Crippen molar-refractivity contribution in [1.82, 2.24) is 4.90 Å². The predicted octanol–water partition coefficient (Wildman–Crippen LogP) is 2.62. The molecule has 2 aromatic carbocycles. The quantitative estimate of drug-likeness (QED) is 0.767. The molecule has 2 aromatic rings. The Morgan fingerprint density at radius 3 is 2.11 bits per heavy atom. The van der Waals surface area contributed by atoms with Gasteiger partial charge in [0.15, 0.2) is 0 Å². The van der Waals surface area contributed by atoms with Crippen LogP contribution in [0.4, 0.5) is 0 Å². The maximum absolute atomic E-state index is 2.35. The van der Waals surface area contributed by atoms with Gasteiger partial charge in [-0.25, -0.2) is 0 Å². The summed E-state index contributed by atoms with van der Waals surface area (Å²) >= 11 is 0.360. The van der Waals surface area contributed by atoms with Crippen LogP contribution in [0.5, 0.6) is 0 Å². The predicted molar refractivity (Wildman–Crippen MR) is 84.8 cm³/mol. The van der Waals surface area contributed by atoms with E-state index >= 15 is 0 Å². The van der Waals surface area contributed by atoms with Gasteiger partial charge in [-0.2, -0.15) is 0 Å². The molecular weight excluding hydrogens is 297 g/mol. The van der Waals surface area contributed by atoms with Gasteiger partial charge in [0.2, 0.25) is 0 Å². The van der Waals surface area contributed by atoms with Crippen molar-refractivity contribution in [1.29, 1.82) is 0 Å². The van der Waals surface area contributed by atoms with Gasteiger partial charge >= 0.3 is 122 Å². The molecule has 0 radical (unpaired) electrons. The molecule has 0 aliphatic carbocycles. The van der Waals surface area contributed by atoms with Gasteiger partial charge in [-0.1, -0.05) is 0 Å². The topological polar surface area (TPSA) is 3.24 Å². The molecular formula is C17H19NSe. The fourth-order valence-electron chi connectivity index (χ4n) is 1.70. The first-order chi connectivity index (χ1) is 9.25. The Bertz CT molecular complexity index is 517. The summed E-state index contributed by atoms with van der Waals surface area (Å²) in [5, 5.41) is 0. The van der Waals surface area contributed by atoms with Crippen LogP contribution in [0, 0.1) is 0 Å². The van der Waals surface area contributed by atoms with Gasteiger partial charge in [0.25, 0.3) is 0 Å². The van der Waals surface area contributed by atoms with Crippen molar-refractivity contribution >= 4 is 23.9 Å². The first-order valence-electron chi connectivity index (χ1n) is 6.39. The summed E-state index contributed by atoms with van der Waals surface area (Å²) in [5.74, 6) is 0. The van der Waals surface area contributed by atoms with E-state index in [1.165, 1.54) is 14.5 Å². The summed E-state index contributed by atoms with van der Waals surface area (Å²) in [5.41, 5.74) is 1.34. The molecule has 0 N–H and O–H groups in total. The fourth-order valence-corrected chi connectivity index (χ4v) is 3.71. The average Bonchev–Trinajstić information content (AvgIpc) is 2.45. The number of hydrogen-bond donors (Lipinski definition) is 0. The van der Waals surface area contributed by atoms with Gasteiger partial charge in [0, 0.05) is 0 Å². The average molecular weight is 316 g/mol. The van der Waals surface area contributed by atoms with Crippen LogP contribution in [-0.4, -0.2) is 40.5 Å². The second kappa shape index (κ2) is 7.30. The van der Waals surface area contributed by atoms with Gasteiger partial charge in [0.1, 0.15) is 0 Å². The van der Waals surface area contributed by atoms with E-state index < -0.39 is 0 Å². The third-order valence-corrected chi connectivity index (χ3v) is 5.04. The second-order valence-electron chi connectivity index (χ2n) is 4.61. The van der Waals surface area contributed by atoms with Crippen LogP contribution in [0.1, 0.15) is 5.56 Å². The van der Waals surface area contributed by atoms with E-state index in [2.05, 4.69) is 85.7 Å². The molecule has 0 aromatic heterocycles. The van der Waals surface area contributed by atoms with E-state index in [0.29, 0.717) is 15.0 Å². The van der Waals surface area contributed by atoms with Crippen LogP contribution >= 0.6 is 0 Å². The molecule has 0 aliphatic rings. The van der Waals surface area contributed by atoms with Crippen LogP contribution in [0.3, 0.4) is 0 Å². The van der Waals surface area contributed by atoms with Crippen LogP contribution in [-0.2, 0) is 0 Å². The van der Waals surface area contributed by atoms with E-state index in [1.807, 2.05) is 0 Å². The second-order valence-corrected chi connectivity index (χ2v) is 6.95. The molecule has 2 rings (SSSR count). The summed E-state index contributed by atoms with van der Waals surface area (Å²) in [6, 6.07) is 21.4. The van der Waals surface area contributed by atoms with Crippen LogP contribution in [0.15, 0.2) is 66.7 Å². The Kier molecular flexibility index (Phi) is 5.41. The molecule has 0 amide bonds. The molecule has 2 heteroatoms. The Balaban J connectivity index is 2.22. The van der Waals surface area contributed by atoms with Crippen molar-refractivity contribution in [3.63, 3.8) is 0 Å². The minimum atomic E-state index is 0.360. The molecule has 0 bridgehead atoms. The Labute approximate surface area is 122 Å². The van der Waals surface area contributed by atoms with E-state index in [4.69, 9.17) is 0 Å². The monoisotopic (exact) mass is 317 g/mol. The van der Waals surface area contributed by atoms with Crippen LogP contribution in [0.25, 0.3) is 4.47 Å². The number of benzene rings is 2. The van der Waals surface area contributed by atoms with E-state index in [9.17, 15) is 0 Å². The summed E-state index contributed by atoms with van der Waals surface area (Å²) in [7, 11) is 4.21. The zero-order valence-corrected chi connectivity index (χ0v) is 13.1. The summed E-state index contributed by atoms with van der Waals surface area (Å²) in [6.07, 6.45) is 2.35. The third-order valence-electron chi connectivity index (χ3n) is 2.67. The minimum absolute atomic E-state index is 0.360. The van der Waals surface area contributed by atoms with Crippen molar-refractivity contribution in [3.05, 3.63) is 72.3 Å². The molecule has 0 spiro atoms. The van der Waals surface area contributed by atoms with Gasteiger partial charge in [0.05, 0.1) is 0 Å². The standard InChI is InChI=1S/C17H19NSe/c1-18(2)14-13-17(15-9-5-3-6-10-15)19-16-11-7-4-8-12-16/h3-13H,14H2,1-2H3/b17-13-. The number of hydrogen-bond acceptors (Lipinski definition) is 1. The Morgan fingerprint density at radius 1 is 0.947 bits per heavy atom. The fraction of sp³-hybridized carbons (Fsp3) is 0.176. The van der Waals surface area contributed by atoms with Gasteiger partial charge in [-0.05, 0) is 0 Å². The van der Waals surface area contributed by atoms with Crippen molar-refractivity contribution in [2.75, 3.05) is 20.6 Å². The van der Waals surface area contributed by atoms with Crippen molar-refractivity contribution < 1.29 is 0 Å². The Morgan fingerprint density at radius 2 is 1.53 bits per heavy atom. The molecule has 0 aliphatic heterocycles. The molecule has 98 valence electrons. The number of rotatable bonds is 5. The summed E-state index contributed by atoms with van der Waals surface area (Å²) in [6.45, 7) is 0.985. The molecule has 19 heavy (non-hydrogen) atoms. The summed E-state index contributed by atoms with van der Waals surface area (Å²) in [4.78, 5) is 2.20. The third kappa shape index (κ3) is 4.68. The van der Waals surface area contributed by atoms with Gasteiger partial charge in [-0.3, -0.25) is 0 Å². The Hall–Kier alpha value is -1.34. The molecule has 0 atom stereocenters. The first-order valence-corrected chi connectivity index (χ1v) is 8.10. The van der Waals surface area contributed by atoms with E-state index in [-0.39, 0.29) is 0 Å². The van der Waals surface area contributed by atoms with Crippen molar-refractivity contribution in [3.8, 4) is 0 Å². The van der Waals surface area contributed by atoms with Crippen molar-refractivity contribution in [2.45, 2.75) is 0 Å². The van der Waals surface area contributed by atoms with Gasteiger partial charge in [-0.15, -0.1) is 0 Å². The molecule has 0 fully saturated rings. The zero-order valence-electron chi connectivity index (χ0n) is 11.4. The molecule has 0 saturated heterocycles. The first kappa shape index (κ1) is 14.1. The van der Waals surface area contributed by atoms with Crippen LogP contribution < -0.4 is 4.46 Å². The van der Waals surface area contributed by atoms with Gasteiger partial charge < -0.3 is 0 Å². The number of nitrogens with zero attached hydrogens (tertiary/aromatic N) is 1. The van der Waals surface area contributed by atoms with E-state index in [1.54, 1.807) is 0 Å². The maximum atomic E-state index is 2.35. The zero-order chi connectivity index (χ0) is 13.5. The van der Waals surface area contributed by atoms with Crippen LogP contribution in [0.2, 0.25) is 0 Å². The number of likely N-dealkylation sites (N-methyl/N-ethyl adjacent to an activating group) is 1. The molecule has 1 nitrogen and oxygen atoms in total. The molecule has 0 saturated carbocycles. The van der Waals surface area contributed by atoms with Crippen molar-refractivity contribution in [2.24, 2.45) is 0 Å². The molecule has 0 unspecified atom stereocenters. The van der Waals surface area contributed by atoms with E-state index in [0.717, 1.165) is 6.54 Å². The SMILES string of the molecule is CN(C)C/C=C(\[Se]c1ccccc1)c1ccccc1. The summed E-state index contributed by atoms with van der Waals surface area (Å²) < 4.78 is 2.87. The molecule has 0 heterocycles.